The lowest BCUT2D eigenvalue weighted by Crippen LogP contribution is -2.46. The number of thiophene rings is 1. The highest BCUT2D eigenvalue weighted by Gasteiger charge is 2.35. The monoisotopic (exact) mass is 442 g/mol. The van der Waals surface area contributed by atoms with Gasteiger partial charge in [-0.05, 0) is 48.4 Å². The topological polar surface area (TPSA) is 71.3 Å². The van der Waals surface area contributed by atoms with Gasteiger partial charge in [-0.2, -0.15) is 4.98 Å². The first-order chi connectivity index (χ1) is 14.4. The fraction of sp³-hybridized carbons (Fsp3) is 0.318. The maximum Gasteiger partial charge on any atom is 0.322 e. The van der Waals surface area contributed by atoms with E-state index in [2.05, 4.69) is 29.3 Å². The summed E-state index contributed by atoms with van der Waals surface area (Å²) in [7, 11) is 0. The van der Waals surface area contributed by atoms with Crippen molar-refractivity contribution in [3.8, 4) is 10.7 Å². The molecular formula is C22H23ClN4O2S. The zero-order valence-corrected chi connectivity index (χ0v) is 18.6. The van der Waals surface area contributed by atoms with Crippen molar-refractivity contribution in [2.75, 3.05) is 6.54 Å². The van der Waals surface area contributed by atoms with E-state index in [-0.39, 0.29) is 6.03 Å². The normalized spacial score (nSPS) is 17.0. The van der Waals surface area contributed by atoms with Gasteiger partial charge in [0.1, 0.15) is 0 Å². The lowest BCUT2D eigenvalue weighted by molar-refractivity contribution is 0.202. The maximum atomic E-state index is 12.9. The van der Waals surface area contributed by atoms with Gasteiger partial charge in [0.05, 0.1) is 16.5 Å². The minimum Gasteiger partial charge on any atom is -0.334 e. The average Bonchev–Trinajstić information content (AvgIpc) is 3.39. The Morgan fingerprint density at radius 1 is 1.27 bits per heavy atom. The van der Waals surface area contributed by atoms with Crippen molar-refractivity contribution in [2.24, 2.45) is 5.92 Å². The number of aromatic nitrogens is 2. The van der Waals surface area contributed by atoms with E-state index in [9.17, 15) is 4.79 Å². The first-order valence-electron chi connectivity index (χ1n) is 9.86. The summed E-state index contributed by atoms with van der Waals surface area (Å²) in [6, 6.07) is 10.8. The minimum absolute atomic E-state index is 0.130. The Kier molecular flexibility index (Phi) is 5.92. The van der Waals surface area contributed by atoms with Crippen molar-refractivity contribution >= 4 is 34.5 Å². The molecule has 1 atom stereocenters. The number of nitrogens with one attached hydrogen (secondary N) is 1. The molecule has 30 heavy (non-hydrogen) atoms. The largest absolute Gasteiger partial charge is 0.334 e. The molecule has 0 fully saturated rings. The Hall–Kier alpha value is -2.64. The summed E-state index contributed by atoms with van der Waals surface area (Å²) in [5, 5.41) is 9.89. The van der Waals surface area contributed by atoms with Gasteiger partial charge in [-0.25, -0.2) is 4.79 Å². The molecule has 156 valence electrons. The first kappa shape index (κ1) is 20.6. The number of amides is 2. The van der Waals surface area contributed by atoms with Crippen LogP contribution in [0.25, 0.3) is 16.3 Å². The molecule has 2 amide bonds. The van der Waals surface area contributed by atoms with Gasteiger partial charge in [0, 0.05) is 17.3 Å². The van der Waals surface area contributed by atoms with Crippen LogP contribution in [0.4, 0.5) is 4.79 Å². The number of carbonyl (C=O) groups is 1. The van der Waals surface area contributed by atoms with Crippen LogP contribution in [-0.2, 0) is 0 Å². The zero-order chi connectivity index (χ0) is 21.3. The molecule has 0 saturated heterocycles. The fourth-order valence-corrected chi connectivity index (χ4v) is 4.23. The van der Waals surface area contributed by atoms with Gasteiger partial charge < -0.3 is 9.84 Å². The molecule has 0 bridgehead atoms. The third kappa shape index (κ3) is 4.13. The molecule has 0 spiro atoms. The number of benzene rings is 1. The second-order valence-corrected chi connectivity index (χ2v) is 9.05. The van der Waals surface area contributed by atoms with Crippen molar-refractivity contribution in [1.29, 1.82) is 0 Å². The lowest BCUT2D eigenvalue weighted by atomic mass is 9.94. The second-order valence-electron chi connectivity index (χ2n) is 7.67. The van der Waals surface area contributed by atoms with Gasteiger partial charge >= 0.3 is 6.03 Å². The fourth-order valence-electron chi connectivity index (χ4n) is 3.46. The highest BCUT2D eigenvalue weighted by Crippen LogP contribution is 2.38. The highest BCUT2D eigenvalue weighted by atomic mass is 35.5. The van der Waals surface area contributed by atoms with Crippen LogP contribution in [0.1, 0.15) is 44.7 Å². The third-order valence-electron chi connectivity index (χ3n) is 5.13. The first-order valence-corrected chi connectivity index (χ1v) is 11.1. The van der Waals surface area contributed by atoms with Crippen molar-refractivity contribution in [3.05, 3.63) is 64.0 Å². The Morgan fingerprint density at radius 2 is 2.03 bits per heavy atom. The molecule has 3 heterocycles. The van der Waals surface area contributed by atoms with Crippen LogP contribution in [-0.4, -0.2) is 27.6 Å². The molecule has 1 N–H and O–H groups in total. The van der Waals surface area contributed by atoms with E-state index >= 15 is 0 Å². The standard InChI is InChI=1S/C22H23ClN4O2S/c1-13(2)10-11-27-14(3)18(21-25-20(26-29-21)17-5-4-12-30-17)19(24-22(27)28)15-6-8-16(23)9-7-15/h4-9,12-13,19H,10-11H2,1-3H3,(H,24,28). The number of urea groups is 1. The Balaban J connectivity index is 1.78. The molecule has 4 rings (SSSR count). The van der Waals surface area contributed by atoms with E-state index in [1.165, 1.54) is 0 Å². The summed E-state index contributed by atoms with van der Waals surface area (Å²) < 4.78 is 5.67. The SMILES string of the molecule is CC1=C(c2nc(-c3cccs3)no2)C(c2ccc(Cl)cc2)NC(=O)N1CCC(C)C. The molecule has 0 radical (unpaired) electrons. The number of carbonyl (C=O) groups excluding carboxylic acids is 1. The van der Waals surface area contributed by atoms with Gasteiger partial charge in [0.25, 0.3) is 5.89 Å². The molecular weight excluding hydrogens is 420 g/mol. The quantitative estimate of drug-likeness (QED) is 0.508. The number of rotatable bonds is 6. The predicted molar refractivity (Wildman–Crippen MR) is 119 cm³/mol. The Labute approximate surface area is 184 Å². The molecule has 8 heteroatoms. The van der Waals surface area contributed by atoms with Crippen LogP contribution in [0, 0.1) is 5.92 Å². The molecule has 0 aliphatic carbocycles. The summed E-state index contributed by atoms with van der Waals surface area (Å²) in [6.07, 6.45) is 0.897. The van der Waals surface area contributed by atoms with Gasteiger partial charge in [-0.1, -0.05) is 48.8 Å². The van der Waals surface area contributed by atoms with Crippen LogP contribution in [0.15, 0.2) is 52.0 Å². The van der Waals surface area contributed by atoms with Crippen LogP contribution in [0.5, 0.6) is 0 Å². The van der Waals surface area contributed by atoms with Gasteiger partial charge in [0.15, 0.2) is 0 Å². The second kappa shape index (κ2) is 8.62. The third-order valence-corrected chi connectivity index (χ3v) is 6.25. The van der Waals surface area contributed by atoms with Crippen molar-refractivity contribution in [3.63, 3.8) is 0 Å². The van der Waals surface area contributed by atoms with Gasteiger partial charge in [-0.3, -0.25) is 4.90 Å². The van der Waals surface area contributed by atoms with Crippen LogP contribution < -0.4 is 5.32 Å². The smallest absolute Gasteiger partial charge is 0.322 e. The molecule has 6 nitrogen and oxygen atoms in total. The minimum atomic E-state index is -0.401. The van der Waals surface area contributed by atoms with E-state index in [0.717, 1.165) is 28.1 Å². The molecule has 0 saturated carbocycles. The highest BCUT2D eigenvalue weighted by molar-refractivity contribution is 7.13. The molecule has 1 aliphatic heterocycles. The van der Waals surface area contributed by atoms with Crippen molar-refractivity contribution in [1.82, 2.24) is 20.4 Å². The Morgan fingerprint density at radius 3 is 2.70 bits per heavy atom. The van der Waals surface area contributed by atoms with Gasteiger partial charge in [0.2, 0.25) is 5.82 Å². The Bertz CT molecular complexity index is 1060. The van der Waals surface area contributed by atoms with Crippen molar-refractivity contribution in [2.45, 2.75) is 33.2 Å². The van der Waals surface area contributed by atoms with E-state index in [1.807, 2.05) is 48.7 Å². The number of allylic oxidation sites excluding steroid dienone is 1. The maximum absolute atomic E-state index is 12.9. The summed E-state index contributed by atoms with van der Waals surface area (Å²) in [6.45, 7) is 6.84. The van der Waals surface area contributed by atoms with Gasteiger partial charge in [-0.15, -0.1) is 11.3 Å². The van der Waals surface area contributed by atoms with Crippen LogP contribution in [0.2, 0.25) is 5.02 Å². The van der Waals surface area contributed by atoms with Crippen LogP contribution >= 0.6 is 22.9 Å². The summed E-state index contributed by atoms with van der Waals surface area (Å²) in [4.78, 5) is 20.3. The van der Waals surface area contributed by atoms with Crippen molar-refractivity contribution < 1.29 is 9.32 Å². The number of nitrogens with zero attached hydrogens (tertiary/aromatic N) is 3. The van der Waals surface area contributed by atoms with E-state index < -0.39 is 6.04 Å². The molecule has 1 aromatic carbocycles. The molecule has 1 unspecified atom stereocenters. The number of hydrogen-bond donors (Lipinski definition) is 1. The van der Waals surface area contributed by atoms with E-state index in [1.54, 1.807) is 16.2 Å². The lowest BCUT2D eigenvalue weighted by Gasteiger charge is -2.35. The number of hydrogen-bond acceptors (Lipinski definition) is 5. The summed E-state index contributed by atoms with van der Waals surface area (Å²) >= 11 is 7.62. The summed E-state index contributed by atoms with van der Waals surface area (Å²) in [5.74, 6) is 1.43. The zero-order valence-electron chi connectivity index (χ0n) is 17.1. The van der Waals surface area contributed by atoms with E-state index in [4.69, 9.17) is 16.1 Å². The van der Waals surface area contributed by atoms with Crippen LogP contribution in [0.3, 0.4) is 0 Å². The molecule has 1 aliphatic rings. The molecule has 2 aromatic heterocycles. The predicted octanol–water partition coefficient (Wildman–Crippen LogP) is 6.00. The van der Waals surface area contributed by atoms with E-state index in [0.29, 0.717) is 29.2 Å². The number of halogens is 1. The summed E-state index contributed by atoms with van der Waals surface area (Å²) in [5.41, 5.74) is 2.53. The average molecular weight is 443 g/mol. The molecule has 3 aromatic rings.